The van der Waals surface area contributed by atoms with Crippen LogP contribution >= 0.6 is 0 Å². The van der Waals surface area contributed by atoms with Crippen molar-refractivity contribution in [1.29, 1.82) is 0 Å². The van der Waals surface area contributed by atoms with Crippen LogP contribution in [0.1, 0.15) is 17.3 Å². The number of benzene rings is 1. The van der Waals surface area contributed by atoms with Crippen molar-refractivity contribution >= 4 is 5.97 Å². The molecule has 16 heavy (non-hydrogen) atoms. The van der Waals surface area contributed by atoms with Crippen molar-refractivity contribution in [3.05, 3.63) is 23.8 Å². The lowest BCUT2D eigenvalue weighted by Crippen LogP contribution is -2.07. The van der Waals surface area contributed by atoms with Crippen LogP contribution < -0.4 is 9.47 Å². The van der Waals surface area contributed by atoms with Gasteiger partial charge in [-0.2, -0.15) is 0 Å². The van der Waals surface area contributed by atoms with Gasteiger partial charge in [-0.1, -0.05) is 0 Å². The average Bonchev–Trinajstić information content (AvgIpc) is 2.29. The van der Waals surface area contributed by atoms with Gasteiger partial charge in [-0.3, -0.25) is 0 Å². The number of carbonyl (C=O) groups is 1. The van der Waals surface area contributed by atoms with E-state index in [9.17, 15) is 4.79 Å². The number of methoxy groups -OCH3 is 1. The Balaban J connectivity index is 2.87. The third kappa shape index (κ3) is 3.13. The average molecular weight is 226 g/mol. The summed E-state index contributed by atoms with van der Waals surface area (Å²) in [5, 5.41) is 8.92. The Morgan fingerprint density at radius 2 is 2.19 bits per heavy atom. The lowest BCUT2D eigenvalue weighted by Gasteiger charge is -2.10. The van der Waals surface area contributed by atoms with Crippen LogP contribution in [0.5, 0.6) is 11.5 Å². The van der Waals surface area contributed by atoms with Gasteiger partial charge >= 0.3 is 5.97 Å². The second kappa shape index (κ2) is 5.97. The smallest absolute Gasteiger partial charge is 0.339 e. The number of carboxylic acids is 1. The van der Waals surface area contributed by atoms with Gasteiger partial charge in [-0.25, -0.2) is 4.79 Å². The Hall–Kier alpha value is -1.75. The predicted octanol–water partition coefficient (Wildman–Crippen LogP) is 1.77. The first-order valence-electron chi connectivity index (χ1n) is 4.81. The van der Waals surface area contributed by atoms with Crippen molar-refractivity contribution in [2.45, 2.75) is 6.92 Å². The monoisotopic (exact) mass is 226 g/mol. The minimum Gasteiger partial charge on any atom is -0.497 e. The molecule has 0 unspecified atom stereocenters. The van der Waals surface area contributed by atoms with Crippen LogP contribution in [-0.4, -0.2) is 31.6 Å². The number of aromatic carboxylic acids is 1. The largest absolute Gasteiger partial charge is 0.497 e. The minimum atomic E-state index is -1.05. The standard InChI is InChI=1S/C11H14O5/c1-3-15-7-16-10-6-8(14-2)4-5-9(10)11(12)13/h4-6H,3,7H2,1-2H3,(H,12,13). The number of ether oxygens (including phenoxy) is 3. The Bertz CT molecular complexity index is 361. The number of carboxylic acid groups (broad SMARTS) is 1. The third-order valence-corrected chi connectivity index (χ3v) is 1.92. The molecule has 0 fully saturated rings. The molecule has 1 rings (SSSR count). The van der Waals surface area contributed by atoms with E-state index in [0.717, 1.165) is 0 Å². The summed E-state index contributed by atoms with van der Waals surface area (Å²) in [4.78, 5) is 10.9. The van der Waals surface area contributed by atoms with Crippen molar-refractivity contribution in [1.82, 2.24) is 0 Å². The van der Waals surface area contributed by atoms with Gasteiger partial charge in [0.2, 0.25) is 0 Å². The summed E-state index contributed by atoms with van der Waals surface area (Å²) >= 11 is 0. The van der Waals surface area contributed by atoms with E-state index in [2.05, 4.69) is 0 Å². The summed E-state index contributed by atoms with van der Waals surface area (Å²) in [5.41, 5.74) is 0.0838. The molecule has 0 aliphatic carbocycles. The second-order valence-electron chi connectivity index (χ2n) is 2.92. The molecule has 0 atom stereocenters. The lowest BCUT2D eigenvalue weighted by atomic mass is 10.2. The Morgan fingerprint density at radius 1 is 1.44 bits per heavy atom. The van der Waals surface area contributed by atoms with Gasteiger partial charge in [-0.05, 0) is 19.1 Å². The molecule has 5 nitrogen and oxygen atoms in total. The third-order valence-electron chi connectivity index (χ3n) is 1.92. The minimum absolute atomic E-state index is 0.0178. The van der Waals surface area contributed by atoms with Crippen molar-refractivity contribution in [2.75, 3.05) is 20.5 Å². The van der Waals surface area contributed by atoms with Gasteiger partial charge in [0.15, 0.2) is 6.79 Å². The maximum Gasteiger partial charge on any atom is 0.339 e. The van der Waals surface area contributed by atoms with Gasteiger partial charge in [-0.15, -0.1) is 0 Å². The zero-order valence-electron chi connectivity index (χ0n) is 9.23. The first-order chi connectivity index (χ1) is 7.69. The molecule has 0 aliphatic rings. The van der Waals surface area contributed by atoms with E-state index >= 15 is 0 Å². The summed E-state index contributed by atoms with van der Waals surface area (Å²) in [7, 11) is 1.50. The molecule has 0 saturated carbocycles. The van der Waals surface area contributed by atoms with Crippen molar-refractivity contribution in [2.24, 2.45) is 0 Å². The fourth-order valence-electron chi connectivity index (χ4n) is 1.11. The van der Waals surface area contributed by atoms with Gasteiger partial charge in [0.1, 0.15) is 17.1 Å². The van der Waals surface area contributed by atoms with E-state index in [1.54, 1.807) is 6.07 Å². The zero-order valence-corrected chi connectivity index (χ0v) is 9.23. The molecule has 5 heteroatoms. The quantitative estimate of drug-likeness (QED) is 0.591. The van der Waals surface area contributed by atoms with Gasteiger partial charge < -0.3 is 19.3 Å². The van der Waals surface area contributed by atoms with E-state index in [1.165, 1.54) is 19.2 Å². The highest BCUT2D eigenvalue weighted by Crippen LogP contribution is 2.24. The van der Waals surface area contributed by atoms with Crippen LogP contribution in [0.3, 0.4) is 0 Å². The maximum atomic E-state index is 10.9. The molecule has 0 amide bonds. The molecule has 1 aromatic carbocycles. The van der Waals surface area contributed by atoms with E-state index in [1.807, 2.05) is 6.92 Å². The fourth-order valence-corrected chi connectivity index (χ4v) is 1.11. The van der Waals surface area contributed by atoms with Crippen molar-refractivity contribution < 1.29 is 24.1 Å². The van der Waals surface area contributed by atoms with Crippen LogP contribution in [0.2, 0.25) is 0 Å². The summed E-state index contributed by atoms with van der Waals surface area (Å²) in [5.74, 6) is -0.272. The van der Waals surface area contributed by atoms with Gasteiger partial charge in [0.25, 0.3) is 0 Å². The highest BCUT2D eigenvalue weighted by Gasteiger charge is 2.12. The molecular weight excluding hydrogens is 212 g/mol. The molecule has 0 aromatic heterocycles. The molecular formula is C11H14O5. The molecule has 0 aliphatic heterocycles. The van der Waals surface area contributed by atoms with E-state index in [0.29, 0.717) is 12.4 Å². The van der Waals surface area contributed by atoms with Crippen LogP contribution in [-0.2, 0) is 4.74 Å². The molecule has 1 N–H and O–H groups in total. The van der Waals surface area contributed by atoms with Gasteiger partial charge in [0.05, 0.1) is 7.11 Å². The normalized spacial score (nSPS) is 9.88. The molecule has 0 radical (unpaired) electrons. The Morgan fingerprint density at radius 3 is 2.75 bits per heavy atom. The van der Waals surface area contributed by atoms with Crippen LogP contribution in [0.4, 0.5) is 0 Å². The summed E-state index contributed by atoms with van der Waals surface area (Å²) in [6.07, 6.45) is 0. The predicted molar refractivity (Wildman–Crippen MR) is 57.1 cm³/mol. The SMILES string of the molecule is CCOCOc1cc(OC)ccc1C(=O)O. The molecule has 0 heterocycles. The first-order valence-corrected chi connectivity index (χ1v) is 4.81. The van der Waals surface area contributed by atoms with Crippen molar-refractivity contribution in [3.63, 3.8) is 0 Å². The van der Waals surface area contributed by atoms with Crippen LogP contribution in [0, 0.1) is 0 Å². The zero-order chi connectivity index (χ0) is 12.0. The number of hydrogen-bond acceptors (Lipinski definition) is 4. The molecule has 1 aromatic rings. The molecule has 88 valence electrons. The van der Waals surface area contributed by atoms with E-state index in [-0.39, 0.29) is 18.1 Å². The summed E-state index contributed by atoms with van der Waals surface area (Å²) in [6.45, 7) is 2.35. The van der Waals surface area contributed by atoms with E-state index in [4.69, 9.17) is 19.3 Å². The maximum absolute atomic E-state index is 10.9. The van der Waals surface area contributed by atoms with Crippen LogP contribution in [0.25, 0.3) is 0 Å². The molecule has 0 bridgehead atoms. The fraction of sp³-hybridized carbons (Fsp3) is 0.364. The number of rotatable bonds is 6. The van der Waals surface area contributed by atoms with Crippen molar-refractivity contribution in [3.8, 4) is 11.5 Å². The Kier molecular flexibility index (Phi) is 4.60. The lowest BCUT2D eigenvalue weighted by molar-refractivity contribution is 0.0212. The highest BCUT2D eigenvalue weighted by atomic mass is 16.7. The molecule has 0 saturated heterocycles. The summed E-state index contributed by atoms with van der Waals surface area (Å²) < 4.78 is 15.2. The van der Waals surface area contributed by atoms with E-state index < -0.39 is 5.97 Å². The summed E-state index contributed by atoms with van der Waals surface area (Å²) in [6, 6.07) is 4.52. The van der Waals surface area contributed by atoms with Crippen LogP contribution in [0.15, 0.2) is 18.2 Å². The molecule has 0 spiro atoms. The second-order valence-corrected chi connectivity index (χ2v) is 2.92. The van der Waals surface area contributed by atoms with Gasteiger partial charge in [0, 0.05) is 12.7 Å². The Labute approximate surface area is 93.6 Å². The topological polar surface area (TPSA) is 65.0 Å². The number of hydrogen-bond donors (Lipinski definition) is 1. The highest BCUT2D eigenvalue weighted by molar-refractivity contribution is 5.91. The first kappa shape index (κ1) is 12.3.